The second-order valence-corrected chi connectivity index (χ2v) is 9.49. The fourth-order valence-corrected chi connectivity index (χ4v) is 7.47. The smallest absolute Gasteiger partial charge is 0.310 e. The Labute approximate surface area is 158 Å². The van der Waals surface area contributed by atoms with Crippen molar-refractivity contribution >= 4 is 17.5 Å². The summed E-state index contributed by atoms with van der Waals surface area (Å²) in [6.07, 6.45) is 6.83. The normalized spacial score (nSPS) is 50.1. The molecular weight excluding hydrogens is 344 g/mol. The zero-order valence-electron chi connectivity index (χ0n) is 15.5. The van der Waals surface area contributed by atoms with Crippen LogP contribution >= 0.6 is 0 Å². The highest BCUT2D eigenvalue weighted by Crippen LogP contribution is 2.67. The number of carbonyl (C=O) groups excluding carboxylic acids is 3. The molecule has 0 aromatic rings. The van der Waals surface area contributed by atoms with Gasteiger partial charge in [-0.3, -0.25) is 14.4 Å². The van der Waals surface area contributed by atoms with Crippen LogP contribution in [0.3, 0.4) is 0 Å². The van der Waals surface area contributed by atoms with Crippen LogP contribution in [0.5, 0.6) is 0 Å². The molecule has 27 heavy (non-hydrogen) atoms. The molecule has 5 nitrogen and oxygen atoms in total. The molecule has 0 radical (unpaired) electrons. The van der Waals surface area contributed by atoms with Gasteiger partial charge in [-0.25, -0.2) is 0 Å². The predicted molar refractivity (Wildman–Crippen MR) is 94.4 cm³/mol. The van der Waals surface area contributed by atoms with E-state index in [2.05, 4.69) is 6.92 Å². The molecule has 7 aliphatic rings. The first-order chi connectivity index (χ1) is 13.0. The van der Waals surface area contributed by atoms with Gasteiger partial charge in [0.1, 0.15) is 6.10 Å². The van der Waals surface area contributed by atoms with Crippen molar-refractivity contribution in [2.45, 2.75) is 51.2 Å². The minimum Gasteiger partial charge on any atom is -0.457 e. The van der Waals surface area contributed by atoms with E-state index < -0.39 is 6.10 Å². The third-order valence-electron chi connectivity index (χ3n) is 8.62. The van der Waals surface area contributed by atoms with Gasteiger partial charge in [-0.1, -0.05) is 6.92 Å². The number of hydrogen-bond donors (Lipinski definition) is 0. The molecule has 7 rings (SSSR count). The van der Waals surface area contributed by atoms with Crippen LogP contribution in [-0.2, 0) is 23.9 Å². The van der Waals surface area contributed by atoms with Gasteiger partial charge in [0.25, 0.3) is 0 Å². The van der Waals surface area contributed by atoms with Crippen LogP contribution in [-0.4, -0.2) is 36.4 Å². The molecule has 0 aromatic carbocycles. The Morgan fingerprint density at radius 1 is 1.04 bits per heavy atom. The molecule has 5 heteroatoms. The van der Waals surface area contributed by atoms with Crippen molar-refractivity contribution in [2.24, 2.45) is 35.0 Å². The number of rotatable bonds is 0. The van der Waals surface area contributed by atoms with E-state index in [4.69, 9.17) is 9.47 Å². The molecule has 0 N–H and O–H groups in total. The maximum Gasteiger partial charge on any atom is 0.310 e. The number of carbonyl (C=O) groups is 3. The van der Waals surface area contributed by atoms with Crippen LogP contribution in [0.4, 0.5) is 0 Å². The lowest BCUT2D eigenvalue weighted by Gasteiger charge is -2.62. The molecular formula is C22H24O5. The molecule has 4 aliphatic carbocycles. The van der Waals surface area contributed by atoms with Crippen LogP contribution in [0.1, 0.15) is 39.0 Å². The number of hydrogen-bond acceptors (Lipinski definition) is 5. The van der Waals surface area contributed by atoms with Gasteiger partial charge in [-0.15, -0.1) is 0 Å². The third-order valence-corrected chi connectivity index (χ3v) is 8.62. The van der Waals surface area contributed by atoms with Gasteiger partial charge in [0.2, 0.25) is 0 Å². The standard InChI is InChI=1S/C22H24O5/c1-10-9-26-20-17-15(24)5-4-14(23)16(17)19-18-13(21(25)27-19)3-2-12-8-11(10)6-7-22(12,18)20/h4-5,10-13,18-20H,2-3,6-9H2,1H3/t10-,11?,12+,13-,18?,19-,20?,22-/m1/s1. The molecule has 3 unspecified atom stereocenters. The molecule has 142 valence electrons. The first-order valence-corrected chi connectivity index (χ1v) is 10.3. The van der Waals surface area contributed by atoms with Gasteiger partial charge in [0, 0.05) is 22.5 Å². The Hall–Kier alpha value is -1.75. The maximum atomic E-state index is 12.9. The van der Waals surface area contributed by atoms with Gasteiger partial charge in [0.15, 0.2) is 11.6 Å². The largest absolute Gasteiger partial charge is 0.457 e. The average molecular weight is 368 g/mol. The maximum absolute atomic E-state index is 12.9. The number of esters is 1. The summed E-state index contributed by atoms with van der Waals surface area (Å²) in [4.78, 5) is 38.4. The highest BCUT2D eigenvalue weighted by atomic mass is 16.6. The number of ether oxygens (including phenoxy) is 2. The van der Waals surface area contributed by atoms with E-state index in [1.165, 1.54) is 12.2 Å². The van der Waals surface area contributed by atoms with E-state index >= 15 is 0 Å². The van der Waals surface area contributed by atoms with E-state index in [0.717, 1.165) is 32.1 Å². The molecule has 3 heterocycles. The van der Waals surface area contributed by atoms with E-state index in [1.54, 1.807) is 0 Å². The number of ketones is 2. The summed E-state index contributed by atoms with van der Waals surface area (Å²) in [5.41, 5.74) is 0.669. The molecule has 5 fully saturated rings. The molecule has 2 saturated carbocycles. The summed E-state index contributed by atoms with van der Waals surface area (Å²) in [5.74, 6) is 0.846. The zero-order valence-corrected chi connectivity index (χ0v) is 15.5. The lowest BCUT2D eigenvalue weighted by atomic mass is 9.43. The molecule has 0 aromatic heterocycles. The van der Waals surface area contributed by atoms with Gasteiger partial charge in [-0.05, 0) is 62.0 Å². The zero-order chi connectivity index (χ0) is 18.5. The fraction of sp³-hybridized carbons (Fsp3) is 0.682. The molecule has 0 amide bonds. The summed E-state index contributed by atoms with van der Waals surface area (Å²) < 4.78 is 12.3. The minimum absolute atomic E-state index is 0.0230. The van der Waals surface area contributed by atoms with Crippen molar-refractivity contribution in [2.75, 3.05) is 6.61 Å². The lowest BCUT2D eigenvalue weighted by Crippen LogP contribution is -2.64. The molecule has 2 bridgehead atoms. The lowest BCUT2D eigenvalue weighted by molar-refractivity contribution is -0.187. The minimum atomic E-state index is -0.560. The molecule has 8 atom stereocenters. The molecule has 3 aliphatic heterocycles. The van der Waals surface area contributed by atoms with Crippen LogP contribution in [0.25, 0.3) is 0 Å². The second kappa shape index (κ2) is 5.19. The average Bonchev–Trinajstić information content (AvgIpc) is 2.99. The Kier molecular flexibility index (Phi) is 3.12. The van der Waals surface area contributed by atoms with Crippen molar-refractivity contribution in [3.05, 3.63) is 23.3 Å². The Bertz CT molecular complexity index is 838. The van der Waals surface area contributed by atoms with Gasteiger partial charge in [0.05, 0.1) is 18.6 Å². The van der Waals surface area contributed by atoms with E-state index in [0.29, 0.717) is 35.5 Å². The van der Waals surface area contributed by atoms with Gasteiger partial charge in [-0.2, -0.15) is 0 Å². The summed E-state index contributed by atoms with van der Waals surface area (Å²) in [7, 11) is 0. The van der Waals surface area contributed by atoms with Crippen molar-refractivity contribution < 1.29 is 23.9 Å². The molecule has 3 saturated heterocycles. The van der Waals surface area contributed by atoms with Gasteiger partial charge >= 0.3 is 5.97 Å². The van der Waals surface area contributed by atoms with Crippen molar-refractivity contribution in [1.29, 1.82) is 0 Å². The van der Waals surface area contributed by atoms with Crippen LogP contribution < -0.4 is 0 Å². The van der Waals surface area contributed by atoms with Gasteiger partial charge < -0.3 is 9.47 Å². The van der Waals surface area contributed by atoms with Crippen LogP contribution in [0.2, 0.25) is 0 Å². The van der Waals surface area contributed by atoms with Crippen LogP contribution in [0.15, 0.2) is 23.3 Å². The summed E-state index contributed by atoms with van der Waals surface area (Å²) in [6.45, 7) is 2.86. The highest BCUT2D eigenvalue weighted by Gasteiger charge is 2.70. The first-order valence-electron chi connectivity index (χ1n) is 10.3. The topological polar surface area (TPSA) is 69.7 Å². The monoisotopic (exact) mass is 368 g/mol. The van der Waals surface area contributed by atoms with Crippen molar-refractivity contribution in [1.82, 2.24) is 0 Å². The summed E-state index contributed by atoms with van der Waals surface area (Å²) in [6, 6.07) is 0. The van der Waals surface area contributed by atoms with Crippen molar-refractivity contribution in [3.63, 3.8) is 0 Å². The Balaban J connectivity index is 1.62. The predicted octanol–water partition coefficient (Wildman–Crippen LogP) is 2.39. The van der Waals surface area contributed by atoms with Crippen LogP contribution in [0, 0.1) is 35.0 Å². The Morgan fingerprint density at radius 3 is 2.63 bits per heavy atom. The fourth-order valence-electron chi connectivity index (χ4n) is 7.47. The Morgan fingerprint density at radius 2 is 1.81 bits per heavy atom. The highest BCUT2D eigenvalue weighted by molar-refractivity contribution is 6.21. The quantitative estimate of drug-likeness (QED) is 0.485. The first kappa shape index (κ1) is 16.2. The second-order valence-electron chi connectivity index (χ2n) is 9.49. The number of fused-ring (bicyclic) bond motifs is 4. The van der Waals surface area contributed by atoms with E-state index in [1.807, 2.05) is 0 Å². The molecule has 1 spiro atoms. The van der Waals surface area contributed by atoms with E-state index in [-0.39, 0.29) is 40.9 Å². The van der Waals surface area contributed by atoms with E-state index in [9.17, 15) is 14.4 Å². The SMILES string of the molecule is C[C@@H]1COC2C3=C(C(=O)C=CC3=O)[C@H]3OC(=O)[C@@H]4CC[C@H]5CC1CC[C@@]25C34. The number of allylic oxidation sites excluding steroid dienone is 2. The van der Waals surface area contributed by atoms with Crippen molar-refractivity contribution in [3.8, 4) is 0 Å². The summed E-state index contributed by atoms with van der Waals surface area (Å²) >= 11 is 0. The third kappa shape index (κ3) is 1.82. The summed E-state index contributed by atoms with van der Waals surface area (Å²) in [5, 5.41) is 0.